The highest BCUT2D eigenvalue weighted by Gasteiger charge is 2.33. The van der Waals surface area contributed by atoms with Gasteiger partial charge in [0, 0.05) is 19.6 Å². The van der Waals surface area contributed by atoms with Crippen molar-refractivity contribution in [2.24, 2.45) is 11.8 Å². The monoisotopic (exact) mass is 259 g/mol. The molecular formula is C12H21NO5. The van der Waals surface area contributed by atoms with Gasteiger partial charge in [0.2, 0.25) is 5.91 Å². The van der Waals surface area contributed by atoms with Crippen molar-refractivity contribution in [1.82, 2.24) is 5.32 Å². The minimum Gasteiger partial charge on any atom is -0.481 e. The van der Waals surface area contributed by atoms with E-state index in [-0.39, 0.29) is 24.3 Å². The molecule has 0 spiro atoms. The highest BCUT2D eigenvalue weighted by molar-refractivity contribution is 5.80. The Labute approximate surface area is 106 Å². The molecule has 3 N–H and O–H groups in total. The molecule has 18 heavy (non-hydrogen) atoms. The van der Waals surface area contributed by atoms with Gasteiger partial charge in [-0.3, -0.25) is 9.59 Å². The number of aliphatic carboxylic acids is 1. The number of ether oxygens (including phenoxy) is 1. The van der Waals surface area contributed by atoms with Crippen LogP contribution in [0, 0.1) is 11.8 Å². The number of hydrogen-bond acceptors (Lipinski definition) is 4. The van der Waals surface area contributed by atoms with Crippen molar-refractivity contribution in [2.45, 2.75) is 31.8 Å². The van der Waals surface area contributed by atoms with E-state index in [0.717, 1.165) is 0 Å². The van der Waals surface area contributed by atoms with Gasteiger partial charge in [0.15, 0.2) is 0 Å². The lowest BCUT2D eigenvalue weighted by molar-refractivity contribution is -0.141. The van der Waals surface area contributed by atoms with Crippen LogP contribution in [0.25, 0.3) is 0 Å². The van der Waals surface area contributed by atoms with Gasteiger partial charge in [0.1, 0.15) is 0 Å². The van der Waals surface area contributed by atoms with Crippen LogP contribution in [0.2, 0.25) is 0 Å². The number of methoxy groups -OCH3 is 1. The number of carboxylic acid groups (broad SMARTS) is 1. The molecule has 104 valence electrons. The zero-order valence-electron chi connectivity index (χ0n) is 10.6. The van der Waals surface area contributed by atoms with Crippen molar-refractivity contribution in [3.63, 3.8) is 0 Å². The lowest BCUT2D eigenvalue weighted by Gasteiger charge is -2.13. The number of carbonyl (C=O) groups is 2. The van der Waals surface area contributed by atoms with Crippen LogP contribution in [0.3, 0.4) is 0 Å². The molecule has 3 atom stereocenters. The van der Waals surface area contributed by atoms with Crippen molar-refractivity contribution < 1.29 is 24.5 Å². The molecule has 0 aliphatic heterocycles. The number of aliphatic hydroxyl groups is 1. The van der Waals surface area contributed by atoms with E-state index in [1.54, 1.807) is 0 Å². The fourth-order valence-electron chi connectivity index (χ4n) is 2.23. The summed E-state index contributed by atoms with van der Waals surface area (Å²) >= 11 is 0. The molecule has 0 saturated heterocycles. The summed E-state index contributed by atoms with van der Waals surface area (Å²) in [5, 5.41) is 21.0. The Morgan fingerprint density at radius 3 is 2.61 bits per heavy atom. The minimum absolute atomic E-state index is 0.108. The maximum absolute atomic E-state index is 11.7. The van der Waals surface area contributed by atoms with E-state index in [9.17, 15) is 14.7 Å². The summed E-state index contributed by atoms with van der Waals surface area (Å²) in [5.41, 5.74) is 0. The van der Waals surface area contributed by atoms with Crippen molar-refractivity contribution in [1.29, 1.82) is 0 Å². The predicted molar refractivity (Wildman–Crippen MR) is 64.0 cm³/mol. The van der Waals surface area contributed by atoms with Crippen molar-refractivity contribution >= 4 is 11.9 Å². The van der Waals surface area contributed by atoms with Crippen LogP contribution < -0.4 is 5.32 Å². The number of carbonyl (C=O) groups excluding carboxylic acids is 1. The van der Waals surface area contributed by atoms with Gasteiger partial charge in [-0.15, -0.1) is 0 Å². The zero-order chi connectivity index (χ0) is 13.5. The van der Waals surface area contributed by atoms with E-state index in [1.807, 2.05) is 0 Å². The van der Waals surface area contributed by atoms with Gasteiger partial charge in [-0.25, -0.2) is 0 Å². The van der Waals surface area contributed by atoms with E-state index >= 15 is 0 Å². The van der Waals surface area contributed by atoms with Crippen molar-refractivity contribution in [3.05, 3.63) is 0 Å². The number of rotatable bonds is 7. The Balaban J connectivity index is 2.20. The average molecular weight is 259 g/mol. The molecule has 0 heterocycles. The van der Waals surface area contributed by atoms with Crippen LogP contribution in [0.4, 0.5) is 0 Å². The second kappa shape index (κ2) is 7.33. The SMILES string of the molecule is COCC(O)CCNC(=O)[C@@H]1CC[C@H](C(=O)O)C1. The summed E-state index contributed by atoms with van der Waals surface area (Å²) in [6.45, 7) is 0.637. The van der Waals surface area contributed by atoms with Crippen LogP contribution >= 0.6 is 0 Å². The Morgan fingerprint density at radius 1 is 1.39 bits per heavy atom. The molecule has 0 aromatic heterocycles. The number of nitrogens with one attached hydrogen (secondary N) is 1. The molecule has 0 bridgehead atoms. The van der Waals surface area contributed by atoms with E-state index in [1.165, 1.54) is 7.11 Å². The summed E-state index contributed by atoms with van der Waals surface area (Å²) in [7, 11) is 1.51. The fraction of sp³-hybridized carbons (Fsp3) is 0.833. The molecule has 0 radical (unpaired) electrons. The Bertz CT molecular complexity index is 294. The number of aliphatic hydroxyl groups excluding tert-OH is 1. The van der Waals surface area contributed by atoms with Gasteiger partial charge >= 0.3 is 5.97 Å². The van der Waals surface area contributed by atoms with Crippen LogP contribution in [-0.2, 0) is 14.3 Å². The second-order valence-electron chi connectivity index (χ2n) is 4.73. The topological polar surface area (TPSA) is 95.9 Å². The number of amides is 1. The average Bonchev–Trinajstić information content (AvgIpc) is 2.78. The molecule has 1 aliphatic carbocycles. The van der Waals surface area contributed by atoms with Crippen LogP contribution in [-0.4, -0.2) is 48.5 Å². The summed E-state index contributed by atoms with van der Waals surface area (Å²) in [6.07, 6.45) is 1.48. The number of carboxylic acids is 1. The van der Waals surface area contributed by atoms with Gasteiger partial charge < -0.3 is 20.3 Å². The van der Waals surface area contributed by atoms with E-state index in [2.05, 4.69) is 5.32 Å². The van der Waals surface area contributed by atoms with Gasteiger partial charge in [0.05, 0.1) is 18.6 Å². The van der Waals surface area contributed by atoms with Crippen molar-refractivity contribution in [3.8, 4) is 0 Å². The summed E-state index contributed by atoms with van der Waals surface area (Å²) < 4.78 is 4.77. The first kappa shape index (κ1) is 14.9. The normalized spacial score (nSPS) is 24.8. The maximum Gasteiger partial charge on any atom is 0.306 e. The molecule has 1 amide bonds. The molecule has 1 fully saturated rings. The van der Waals surface area contributed by atoms with Crippen molar-refractivity contribution in [2.75, 3.05) is 20.3 Å². The highest BCUT2D eigenvalue weighted by atomic mass is 16.5. The summed E-state index contributed by atoms with van der Waals surface area (Å²) in [5.74, 6) is -1.52. The molecule has 1 saturated carbocycles. The fourth-order valence-corrected chi connectivity index (χ4v) is 2.23. The lowest BCUT2D eigenvalue weighted by atomic mass is 10.0. The largest absolute Gasteiger partial charge is 0.481 e. The lowest BCUT2D eigenvalue weighted by Crippen LogP contribution is -2.32. The first-order valence-electron chi connectivity index (χ1n) is 6.22. The Morgan fingerprint density at radius 2 is 2.06 bits per heavy atom. The molecular weight excluding hydrogens is 238 g/mol. The van der Waals surface area contributed by atoms with Gasteiger partial charge in [-0.2, -0.15) is 0 Å². The Hall–Kier alpha value is -1.14. The third kappa shape index (κ3) is 4.62. The van der Waals surface area contributed by atoms with Crippen LogP contribution in [0.15, 0.2) is 0 Å². The summed E-state index contributed by atoms with van der Waals surface area (Å²) in [4.78, 5) is 22.5. The summed E-state index contributed by atoms with van der Waals surface area (Å²) in [6, 6.07) is 0. The molecule has 1 unspecified atom stereocenters. The van der Waals surface area contributed by atoms with Gasteiger partial charge in [0.25, 0.3) is 0 Å². The first-order chi connectivity index (χ1) is 8.54. The van der Waals surface area contributed by atoms with Crippen LogP contribution in [0.5, 0.6) is 0 Å². The molecule has 0 aromatic carbocycles. The first-order valence-corrected chi connectivity index (χ1v) is 6.22. The predicted octanol–water partition coefficient (Wildman–Crippen LogP) is 0.000900. The molecule has 1 aliphatic rings. The van der Waals surface area contributed by atoms with E-state index < -0.39 is 12.1 Å². The molecule has 0 aromatic rings. The smallest absolute Gasteiger partial charge is 0.306 e. The third-order valence-corrected chi connectivity index (χ3v) is 3.29. The molecule has 6 heteroatoms. The zero-order valence-corrected chi connectivity index (χ0v) is 10.6. The van der Waals surface area contributed by atoms with E-state index in [0.29, 0.717) is 32.2 Å². The molecule has 1 rings (SSSR count). The van der Waals surface area contributed by atoms with Crippen LogP contribution in [0.1, 0.15) is 25.7 Å². The minimum atomic E-state index is -0.819. The standard InChI is InChI=1S/C12H21NO5/c1-18-7-10(14)4-5-13-11(15)8-2-3-9(6-8)12(16)17/h8-10,14H,2-7H2,1H3,(H,13,15)(H,16,17)/t8-,9+,10?/m1/s1. The second-order valence-corrected chi connectivity index (χ2v) is 4.73. The van der Waals surface area contributed by atoms with Gasteiger partial charge in [-0.05, 0) is 25.7 Å². The van der Waals surface area contributed by atoms with E-state index in [4.69, 9.17) is 9.84 Å². The Kier molecular flexibility index (Phi) is 6.07. The highest BCUT2D eigenvalue weighted by Crippen LogP contribution is 2.30. The maximum atomic E-state index is 11.7. The van der Waals surface area contributed by atoms with Gasteiger partial charge in [-0.1, -0.05) is 0 Å². The number of hydrogen-bond donors (Lipinski definition) is 3. The third-order valence-electron chi connectivity index (χ3n) is 3.29. The quantitative estimate of drug-likeness (QED) is 0.598. The molecule has 6 nitrogen and oxygen atoms in total.